The molecule has 3 aliphatic carbocycles. The van der Waals surface area contributed by atoms with Crippen LogP contribution in [0.5, 0.6) is 5.75 Å². The Bertz CT molecular complexity index is 798. The number of carbonyl (C=O) groups is 2. The first-order valence-corrected chi connectivity index (χ1v) is 9.88. The normalized spacial score (nSPS) is 37.0. The summed E-state index contributed by atoms with van der Waals surface area (Å²) in [5.41, 5.74) is 1.80. The molecule has 0 aromatic heterocycles. The second-order valence-corrected chi connectivity index (χ2v) is 8.47. The quantitative estimate of drug-likeness (QED) is 0.461. The summed E-state index contributed by atoms with van der Waals surface area (Å²) in [5.74, 6) is 0.278. The number of hydrogen-bond acceptors (Lipinski definition) is 4. The maximum absolute atomic E-state index is 13.7. The van der Waals surface area contributed by atoms with Crippen LogP contribution in [0.15, 0.2) is 30.9 Å². The molecule has 0 aliphatic heterocycles. The Kier molecular flexibility index (Phi) is 4.40. The number of carbonyl (C=O) groups excluding carboxylic acids is 2. The van der Waals surface area contributed by atoms with Crippen LogP contribution in [0.25, 0.3) is 0 Å². The smallest absolute Gasteiger partial charge is 0.316 e. The van der Waals surface area contributed by atoms with E-state index in [-0.39, 0.29) is 17.6 Å². The van der Waals surface area contributed by atoms with E-state index in [1.165, 1.54) is 12.7 Å². The van der Waals surface area contributed by atoms with Crippen LogP contribution in [-0.4, -0.2) is 26.0 Å². The third-order valence-electron chi connectivity index (χ3n) is 7.68. The van der Waals surface area contributed by atoms with Crippen molar-refractivity contribution in [3.63, 3.8) is 0 Å². The average Bonchev–Trinajstić information content (AvgIpc) is 3.05. The molecule has 1 aromatic carbocycles. The molecule has 0 bridgehead atoms. The summed E-state index contributed by atoms with van der Waals surface area (Å²) in [6.07, 6.45) is 5.90. The SMILES string of the molecule is C=C[C@H]1CC[C@H]2[C@@H]3CCc4ccc(OC)cc4[C@H]3[C@H](C(=O)OC)C(=O)[C@]12C. The van der Waals surface area contributed by atoms with Gasteiger partial charge in [-0.25, -0.2) is 0 Å². The van der Waals surface area contributed by atoms with E-state index in [4.69, 9.17) is 9.47 Å². The third kappa shape index (κ3) is 2.41. The molecule has 0 N–H and O–H groups in total. The number of aryl methyl sites for hydroxylation is 1. The van der Waals surface area contributed by atoms with E-state index in [0.29, 0.717) is 11.8 Å². The lowest BCUT2D eigenvalue weighted by atomic mass is 9.50. The van der Waals surface area contributed by atoms with Crippen LogP contribution in [0, 0.1) is 29.1 Å². The fourth-order valence-electron chi connectivity index (χ4n) is 6.35. The first-order chi connectivity index (χ1) is 13.0. The minimum atomic E-state index is -0.743. The van der Waals surface area contributed by atoms with Gasteiger partial charge in [-0.05, 0) is 66.7 Å². The van der Waals surface area contributed by atoms with Crippen LogP contribution in [-0.2, 0) is 20.7 Å². The van der Waals surface area contributed by atoms with Crippen molar-refractivity contribution in [2.24, 2.45) is 29.1 Å². The molecule has 27 heavy (non-hydrogen) atoms. The number of methoxy groups -OCH3 is 2. The molecule has 4 rings (SSSR count). The van der Waals surface area contributed by atoms with Crippen LogP contribution < -0.4 is 4.74 Å². The first-order valence-electron chi connectivity index (χ1n) is 9.88. The predicted molar refractivity (Wildman–Crippen MR) is 103 cm³/mol. The molecule has 3 aliphatic rings. The van der Waals surface area contributed by atoms with Gasteiger partial charge >= 0.3 is 5.97 Å². The number of rotatable bonds is 3. The zero-order valence-corrected chi connectivity index (χ0v) is 16.4. The average molecular weight is 368 g/mol. The molecule has 2 fully saturated rings. The van der Waals surface area contributed by atoms with E-state index < -0.39 is 17.3 Å². The summed E-state index contributed by atoms with van der Waals surface area (Å²) >= 11 is 0. The molecule has 0 saturated heterocycles. The second-order valence-electron chi connectivity index (χ2n) is 8.47. The number of esters is 1. The fourth-order valence-corrected chi connectivity index (χ4v) is 6.35. The summed E-state index contributed by atoms with van der Waals surface area (Å²) in [4.78, 5) is 26.6. The molecule has 2 saturated carbocycles. The van der Waals surface area contributed by atoms with Crippen LogP contribution in [0.2, 0.25) is 0 Å². The van der Waals surface area contributed by atoms with Crippen molar-refractivity contribution in [3.8, 4) is 5.75 Å². The standard InChI is InChI=1S/C23H28O4/c1-5-14-8-11-18-16-10-7-13-6-9-15(26-3)12-17(13)19(16)20(22(25)27-4)21(24)23(14,18)2/h5-6,9,12,14,16,18-20H,1,7-8,10-11H2,2-4H3/t14-,16-,18-,19-,20-,23+/m0/s1. The van der Waals surface area contributed by atoms with E-state index in [1.54, 1.807) is 7.11 Å². The van der Waals surface area contributed by atoms with Gasteiger partial charge in [-0.15, -0.1) is 6.58 Å². The highest BCUT2D eigenvalue weighted by Crippen LogP contribution is 2.63. The molecular formula is C23H28O4. The Morgan fingerprint density at radius 2 is 2.04 bits per heavy atom. The highest BCUT2D eigenvalue weighted by molar-refractivity contribution is 6.04. The number of hydrogen-bond donors (Lipinski definition) is 0. The molecule has 0 heterocycles. The van der Waals surface area contributed by atoms with Crippen LogP contribution in [0.3, 0.4) is 0 Å². The Balaban J connectivity index is 1.88. The van der Waals surface area contributed by atoms with Gasteiger partial charge in [-0.2, -0.15) is 0 Å². The maximum Gasteiger partial charge on any atom is 0.316 e. The number of benzene rings is 1. The van der Waals surface area contributed by atoms with Gasteiger partial charge < -0.3 is 9.47 Å². The summed E-state index contributed by atoms with van der Waals surface area (Å²) in [6, 6.07) is 6.07. The van der Waals surface area contributed by atoms with Gasteiger partial charge in [0, 0.05) is 11.3 Å². The Morgan fingerprint density at radius 3 is 2.70 bits per heavy atom. The summed E-state index contributed by atoms with van der Waals surface area (Å²) < 4.78 is 10.6. The van der Waals surface area contributed by atoms with Crippen LogP contribution in [0.4, 0.5) is 0 Å². The highest BCUT2D eigenvalue weighted by atomic mass is 16.5. The van der Waals surface area contributed by atoms with E-state index in [9.17, 15) is 9.59 Å². The molecular weight excluding hydrogens is 340 g/mol. The van der Waals surface area contributed by atoms with Gasteiger partial charge in [0.15, 0.2) is 5.78 Å². The zero-order valence-electron chi connectivity index (χ0n) is 16.4. The lowest BCUT2D eigenvalue weighted by Crippen LogP contribution is -2.55. The van der Waals surface area contributed by atoms with Crippen molar-refractivity contribution in [3.05, 3.63) is 42.0 Å². The van der Waals surface area contributed by atoms with E-state index in [1.807, 2.05) is 18.2 Å². The largest absolute Gasteiger partial charge is 0.497 e. The molecule has 1 aromatic rings. The molecule has 0 radical (unpaired) electrons. The number of ether oxygens (including phenoxy) is 2. The molecule has 4 nitrogen and oxygen atoms in total. The maximum atomic E-state index is 13.7. The lowest BCUT2D eigenvalue weighted by molar-refractivity contribution is -0.161. The van der Waals surface area contributed by atoms with Crippen LogP contribution in [0.1, 0.15) is 43.2 Å². The molecule has 6 atom stereocenters. The summed E-state index contributed by atoms with van der Waals surface area (Å²) in [7, 11) is 3.03. The third-order valence-corrected chi connectivity index (χ3v) is 7.68. The monoisotopic (exact) mass is 368 g/mol. The minimum Gasteiger partial charge on any atom is -0.497 e. The van der Waals surface area contributed by atoms with Crippen molar-refractivity contribution >= 4 is 11.8 Å². The Labute approximate surface area is 160 Å². The van der Waals surface area contributed by atoms with Crippen molar-refractivity contribution < 1.29 is 19.1 Å². The number of Topliss-reactive ketones (excluding diaryl/α,β-unsaturated/α-hetero) is 1. The number of ketones is 1. The highest BCUT2D eigenvalue weighted by Gasteiger charge is 2.63. The fraction of sp³-hybridized carbons (Fsp3) is 0.565. The number of allylic oxidation sites excluding steroid dienone is 1. The van der Waals surface area contributed by atoms with E-state index in [0.717, 1.165) is 37.0 Å². The van der Waals surface area contributed by atoms with Gasteiger partial charge in [0.1, 0.15) is 11.7 Å². The van der Waals surface area contributed by atoms with Gasteiger partial charge in [-0.1, -0.05) is 19.1 Å². The van der Waals surface area contributed by atoms with Crippen molar-refractivity contribution in [1.29, 1.82) is 0 Å². The van der Waals surface area contributed by atoms with Crippen molar-refractivity contribution in [2.45, 2.75) is 38.5 Å². The van der Waals surface area contributed by atoms with E-state index >= 15 is 0 Å². The van der Waals surface area contributed by atoms with Crippen molar-refractivity contribution in [1.82, 2.24) is 0 Å². The number of fused-ring (bicyclic) bond motifs is 5. The second kappa shape index (κ2) is 6.50. The minimum absolute atomic E-state index is 0.0404. The summed E-state index contributed by atoms with van der Waals surface area (Å²) in [5, 5.41) is 0. The van der Waals surface area contributed by atoms with Crippen LogP contribution >= 0.6 is 0 Å². The zero-order chi connectivity index (χ0) is 19.3. The summed E-state index contributed by atoms with van der Waals surface area (Å²) in [6.45, 7) is 6.04. The van der Waals surface area contributed by atoms with Crippen molar-refractivity contribution in [2.75, 3.05) is 14.2 Å². The van der Waals surface area contributed by atoms with Gasteiger partial charge in [0.25, 0.3) is 0 Å². The Morgan fingerprint density at radius 1 is 1.26 bits per heavy atom. The topological polar surface area (TPSA) is 52.6 Å². The first kappa shape index (κ1) is 18.3. The lowest BCUT2D eigenvalue weighted by Gasteiger charge is -2.52. The molecule has 0 amide bonds. The van der Waals surface area contributed by atoms with Gasteiger partial charge in [0.2, 0.25) is 0 Å². The van der Waals surface area contributed by atoms with E-state index in [2.05, 4.69) is 19.6 Å². The molecule has 0 spiro atoms. The Hall–Kier alpha value is -2.10. The van der Waals surface area contributed by atoms with Gasteiger partial charge in [0.05, 0.1) is 14.2 Å². The van der Waals surface area contributed by atoms with Gasteiger partial charge in [-0.3, -0.25) is 9.59 Å². The molecule has 144 valence electrons. The predicted octanol–water partition coefficient (Wildman–Crippen LogP) is 3.93. The molecule has 0 unspecified atom stereocenters. The molecule has 4 heteroatoms.